The van der Waals surface area contributed by atoms with Crippen LogP contribution < -0.4 is 10.9 Å². The molecule has 2 N–H and O–H groups in total. The minimum Gasteiger partial charge on any atom is -0.464 e. The van der Waals surface area contributed by atoms with Crippen LogP contribution in [0.3, 0.4) is 0 Å². The van der Waals surface area contributed by atoms with Gasteiger partial charge in [0.1, 0.15) is 0 Å². The van der Waals surface area contributed by atoms with Gasteiger partial charge in [0.05, 0.1) is 7.11 Å². The lowest BCUT2D eigenvalue weighted by molar-refractivity contribution is -0.131. The van der Waals surface area contributed by atoms with Gasteiger partial charge in [-0.25, -0.2) is 4.79 Å². The van der Waals surface area contributed by atoms with E-state index in [1.807, 2.05) is 0 Å². The average molecular weight is 311 g/mol. The number of nitrogens with one attached hydrogen (secondary N) is 2. The highest BCUT2D eigenvalue weighted by Crippen LogP contribution is 2.25. The molecule has 0 saturated heterocycles. The smallest absolute Gasteiger partial charge is 0.362 e. The molecule has 0 aliphatic heterocycles. The number of rotatable bonds is 5. The molecule has 9 heteroatoms. The number of hydrazine groups is 1. The van der Waals surface area contributed by atoms with Crippen molar-refractivity contribution in [3.8, 4) is 11.5 Å². The SMILES string of the molecule is COC(=O)c1nc(-c2ccccc2)oc1NNC(=O)C(F)F. The normalized spacial score (nSPS) is 10.4. The summed E-state index contributed by atoms with van der Waals surface area (Å²) in [6, 6.07) is 8.57. The minimum atomic E-state index is -3.22. The molecule has 7 nitrogen and oxygen atoms in total. The number of halogens is 2. The van der Waals surface area contributed by atoms with E-state index in [4.69, 9.17) is 4.42 Å². The number of oxazole rings is 1. The highest BCUT2D eigenvalue weighted by atomic mass is 19.3. The van der Waals surface area contributed by atoms with Crippen molar-refractivity contribution in [2.75, 3.05) is 12.5 Å². The molecule has 1 heterocycles. The molecule has 1 amide bonds. The summed E-state index contributed by atoms with van der Waals surface area (Å²) < 4.78 is 34.1. The van der Waals surface area contributed by atoms with Crippen LogP contribution in [0, 0.1) is 0 Å². The number of carbonyl (C=O) groups is 2. The third-order valence-corrected chi connectivity index (χ3v) is 2.52. The fourth-order valence-electron chi connectivity index (χ4n) is 1.52. The number of alkyl halides is 2. The first-order valence-corrected chi connectivity index (χ1v) is 6.01. The standard InChI is InChI=1S/C13H11F2N3O4/c1-21-13(20)8-12(18-17-10(19)9(14)15)22-11(16-8)7-5-3-2-4-6-7/h2-6,9,18H,1H3,(H,17,19). The molecule has 0 bridgehead atoms. The van der Waals surface area contributed by atoms with Crippen LogP contribution in [0.2, 0.25) is 0 Å². The monoisotopic (exact) mass is 311 g/mol. The van der Waals surface area contributed by atoms with Gasteiger partial charge in [-0.2, -0.15) is 13.8 Å². The number of carbonyl (C=O) groups excluding carboxylic acids is 2. The molecule has 0 aliphatic carbocycles. The van der Waals surface area contributed by atoms with Crippen LogP contribution >= 0.6 is 0 Å². The molecule has 0 spiro atoms. The number of hydrogen-bond acceptors (Lipinski definition) is 6. The van der Waals surface area contributed by atoms with Crippen molar-refractivity contribution in [1.29, 1.82) is 0 Å². The third kappa shape index (κ3) is 3.37. The molecule has 22 heavy (non-hydrogen) atoms. The van der Waals surface area contributed by atoms with Crippen LogP contribution in [-0.2, 0) is 9.53 Å². The Morgan fingerprint density at radius 2 is 1.95 bits per heavy atom. The van der Waals surface area contributed by atoms with E-state index in [1.54, 1.807) is 35.8 Å². The lowest BCUT2D eigenvalue weighted by atomic mass is 10.2. The van der Waals surface area contributed by atoms with Crippen molar-refractivity contribution >= 4 is 17.8 Å². The predicted octanol–water partition coefficient (Wildman–Crippen LogP) is 1.84. The Labute approximate surface area is 123 Å². The first-order chi connectivity index (χ1) is 10.5. The second-order valence-electron chi connectivity index (χ2n) is 3.97. The topological polar surface area (TPSA) is 93.5 Å². The Hall–Kier alpha value is -2.97. The van der Waals surface area contributed by atoms with Gasteiger partial charge in [0.15, 0.2) is 0 Å². The van der Waals surface area contributed by atoms with Gasteiger partial charge in [-0.1, -0.05) is 18.2 Å². The molecule has 2 aromatic rings. The summed E-state index contributed by atoms with van der Waals surface area (Å²) in [4.78, 5) is 26.4. The Balaban J connectivity index is 2.29. The summed E-state index contributed by atoms with van der Waals surface area (Å²) in [6.45, 7) is 0. The number of aromatic nitrogens is 1. The van der Waals surface area contributed by atoms with E-state index >= 15 is 0 Å². The summed E-state index contributed by atoms with van der Waals surface area (Å²) in [7, 11) is 1.13. The number of methoxy groups -OCH3 is 1. The zero-order valence-electron chi connectivity index (χ0n) is 11.3. The molecule has 0 saturated carbocycles. The van der Waals surface area contributed by atoms with E-state index in [-0.39, 0.29) is 17.5 Å². The number of ether oxygens (including phenoxy) is 1. The van der Waals surface area contributed by atoms with Crippen LogP contribution in [-0.4, -0.2) is 30.4 Å². The highest BCUT2D eigenvalue weighted by Gasteiger charge is 2.23. The molecule has 116 valence electrons. The molecule has 0 aliphatic rings. The van der Waals surface area contributed by atoms with Gasteiger partial charge >= 0.3 is 18.3 Å². The fraction of sp³-hybridized carbons (Fsp3) is 0.154. The second-order valence-corrected chi connectivity index (χ2v) is 3.97. The van der Waals surface area contributed by atoms with E-state index in [0.717, 1.165) is 7.11 Å². The maximum Gasteiger partial charge on any atom is 0.362 e. The van der Waals surface area contributed by atoms with Crippen LogP contribution in [0.25, 0.3) is 11.5 Å². The van der Waals surface area contributed by atoms with E-state index in [1.165, 1.54) is 0 Å². The third-order valence-electron chi connectivity index (χ3n) is 2.52. The van der Waals surface area contributed by atoms with Crippen molar-refractivity contribution < 1.29 is 27.5 Å². The first-order valence-electron chi connectivity index (χ1n) is 6.01. The van der Waals surface area contributed by atoms with Crippen LogP contribution in [0.15, 0.2) is 34.7 Å². The van der Waals surface area contributed by atoms with Crippen molar-refractivity contribution in [2.24, 2.45) is 0 Å². The van der Waals surface area contributed by atoms with Crippen molar-refractivity contribution in [3.05, 3.63) is 36.0 Å². The van der Waals surface area contributed by atoms with Gasteiger partial charge in [0.25, 0.3) is 0 Å². The molecule has 1 aromatic carbocycles. The maximum absolute atomic E-state index is 12.1. The molecule has 2 rings (SSSR count). The zero-order valence-corrected chi connectivity index (χ0v) is 11.3. The van der Waals surface area contributed by atoms with Gasteiger partial charge in [0.2, 0.25) is 17.5 Å². The zero-order chi connectivity index (χ0) is 16.1. The lowest BCUT2D eigenvalue weighted by Gasteiger charge is -2.05. The van der Waals surface area contributed by atoms with Crippen molar-refractivity contribution in [3.63, 3.8) is 0 Å². The van der Waals surface area contributed by atoms with E-state index in [9.17, 15) is 18.4 Å². The molecule has 0 radical (unpaired) electrons. The maximum atomic E-state index is 12.1. The summed E-state index contributed by atoms with van der Waals surface area (Å²) in [5.41, 5.74) is 4.07. The molecule has 1 aromatic heterocycles. The summed E-state index contributed by atoms with van der Waals surface area (Å²) in [5, 5.41) is 0. The Kier molecular flexibility index (Phi) is 4.66. The number of benzene rings is 1. The van der Waals surface area contributed by atoms with Crippen molar-refractivity contribution in [1.82, 2.24) is 10.4 Å². The fourth-order valence-corrected chi connectivity index (χ4v) is 1.52. The first kappa shape index (κ1) is 15.4. The van der Waals surface area contributed by atoms with E-state index in [0.29, 0.717) is 5.56 Å². The van der Waals surface area contributed by atoms with Crippen molar-refractivity contribution in [2.45, 2.75) is 6.43 Å². The number of esters is 1. The minimum absolute atomic E-state index is 0.0646. The number of amides is 1. The largest absolute Gasteiger partial charge is 0.464 e. The van der Waals surface area contributed by atoms with Crippen LogP contribution in [0.4, 0.5) is 14.7 Å². The average Bonchev–Trinajstić information content (AvgIpc) is 2.96. The van der Waals surface area contributed by atoms with Gasteiger partial charge in [-0.05, 0) is 12.1 Å². The van der Waals surface area contributed by atoms with Gasteiger partial charge in [0, 0.05) is 5.56 Å². The van der Waals surface area contributed by atoms with Crippen LogP contribution in [0.5, 0.6) is 0 Å². The molecule has 0 fully saturated rings. The number of hydrogen-bond donors (Lipinski definition) is 2. The summed E-state index contributed by atoms with van der Waals surface area (Å²) in [6.07, 6.45) is -3.22. The summed E-state index contributed by atoms with van der Waals surface area (Å²) in [5.74, 6) is -2.66. The second kappa shape index (κ2) is 6.66. The quantitative estimate of drug-likeness (QED) is 0.646. The van der Waals surface area contributed by atoms with Gasteiger partial charge in [-0.3, -0.25) is 15.6 Å². The predicted molar refractivity (Wildman–Crippen MR) is 71.0 cm³/mol. The van der Waals surface area contributed by atoms with E-state index < -0.39 is 18.3 Å². The Bertz CT molecular complexity index is 673. The summed E-state index contributed by atoms with van der Waals surface area (Å²) >= 11 is 0. The Morgan fingerprint density at radius 1 is 1.27 bits per heavy atom. The highest BCUT2D eigenvalue weighted by molar-refractivity contribution is 5.93. The lowest BCUT2D eigenvalue weighted by Crippen LogP contribution is -2.34. The Morgan fingerprint density at radius 3 is 2.55 bits per heavy atom. The molecule has 0 unspecified atom stereocenters. The molecular formula is C13H11F2N3O4. The van der Waals surface area contributed by atoms with E-state index in [2.05, 4.69) is 15.1 Å². The van der Waals surface area contributed by atoms with Crippen LogP contribution in [0.1, 0.15) is 10.5 Å². The molecular weight excluding hydrogens is 300 g/mol. The van der Waals surface area contributed by atoms with Gasteiger partial charge in [-0.15, -0.1) is 0 Å². The number of nitrogens with zero attached hydrogens (tertiary/aromatic N) is 1. The van der Waals surface area contributed by atoms with Gasteiger partial charge < -0.3 is 9.15 Å². The number of anilines is 1. The molecule has 0 atom stereocenters.